The third kappa shape index (κ3) is 4.38. The minimum absolute atomic E-state index is 0.0415. The smallest absolute Gasteiger partial charge is 0.321 e. The van der Waals surface area contributed by atoms with Crippen molar-refractivity contribution in [1.29, 1.82) is 0 Å². The van der Waals surface area contributed by atoms with Crippen molar-refractivity contribution in [3.05, 3.63) is 42.4 Å². The summed E-state index contributed by atoms with van der Waals surface area (Å²) in [6, 6.07) is 6.92. The molecule has 0 spiro atoms. The summed E-state index contributed by atoms with van der Waals surface area (Å²) >= 11 is 0. The van der Waals surface area contributed by atoms with Gasteiger partial charge in [-0.05, 0) is 43.5 Å². The average molecular weight is 409 g/mol. The van der Waals surface area contributed by atoms with Crippen LogP contribution in [0.15, 0.2) is 36.7 Å². The molecule has 3 aromatic rings. The number of fused-ring (bicyclic) bond motifs is 1. The van der Waals surface area contributed by atoms with Crippen molar-refractivity contribution in [2.45, 2.75) is 25.8 Å². The molecule has 0 aliphatic carbocycles. The van der Waals surface area contributed by atoms with Gasteiger partial charge in [-0.2, -0.15) is 4.98 Å². The van der Waals surface area contributed by atoms with Crippen LogP contribution in [-0.2, 0) is 4.74 Å². The van der Waals surface area contributed by atoms with Crippen LogP contribution in [0.3, 0.4) is 0 Å². The van der Waals surface area contributed by atoms with E-state index in [9.17, 15) is 9.59 Å². The van der Waals surface area contributed by atoms with E-state index in [4.69, 9.17) is 4.74 Å². The molecule has 156 valence electrons. The highest BCUT2D eigenvalue weighted by molar-refractivity contribution is 5.95. The average Bonchev–Trinajstić information content (AvgIpc) is 3.16. The molecule has 3 N–H and O–H groups in total. The number of carbonyl (C=O) groups is 2. The first-order valence-electron chi connectivity index (χ1n) is 9.88. The van der Waals surface area contributed by atoms with E-state index in [1.807, 2.05) is 19.1 Å². The Bertz CT molecular complexity index is 1050. The Balaban J connectivity index is 1.71. The zero-order valence-corrected chi connectivity index (χ0v) is 16.6. The third-order valence-electron chi connectivity index (χ3n) is 4.78. The van der Waals surface area contributed by atoms with Gasteiger partial charge in [-0.15, -0.1) is 5.10 Å². The minimum Gasteiger partial charge on any atom is -0.381 e. The maximum Gasteiger partial charge on any atom is 0.321 e. The fourth-order valence-electron chi connectivity index (χ4n) is 3.31. The van der Waals surface area contributed by atoms with Crippen LogP contribution in [0.2, 0.25) is 0 Å². The molecule has 10 heteroatoms. The van der Waals surface area contributed by atoms with Crippen LogP contribution in [-0.4, -0.2) is 57.3 Å². The number of urea groups is 1. The van der Waals surface area contributed by atoms with Gasteiger partial charge in [-0.3, -0.25) is 15.1 Å². The summed E-state index contributed by atoms with van der Waals surface area (Å²) in [6.07, 6.45) is 4.93. The van der Waals surface area contributed by atoms with Crippen molar-refractivity contribution < 1.29 is 14.3 Å². The normalized spacial score (nSPS) is 14.4. The van der Waals surface area contributed by atoms with Crippen molar-refractivity contribution in [3.8, 4) is 11.1 Å². The predicted molar refractivity (Wildman–Crippen MR) is 110 cm³/mol. The maximum atomic E-state index is 13.1. The van der Waals surface area contributed by atoms with Crippen molar-refractivity contribution in [1.82, 2.24) is 30.2 Å². The van der Waals surface area contributed by atoms with Gasteiger partial charge in [-0.1, -0.05) is 6.07 Å². The summed E-state index contributed by atoms with van der Waals surface area (Å²) < 4.78 is 6.80. The molecule has 4 heterocycles. The van der Waals surface area contributed by atoms with E-state index >= 15 is 0 Å². The van der Waals surface area contributed by atoms with E-state index in [0.29, 0.717) is 31.1 Å². The number of rotatable bonds is 5. The van der Waals surface area contributed by atoms with E-state index < -0.39 is 6.03 Å². The van der Waals surface area contributed by atoms with Crippen molar-refractivity contribution in [2.75, 3.05) is 25.1 Å². The molecule has 1 saturated heterocycles. The standard InChI is InChI=1S/C20H23N7O3/c1-2-22-20(29)25-19-24-17-11-14(13-4-3-7-21-12-13)10-16(27(17)26-19)18(28)23-15-5-8-30-9-6-15/h3-4,7,10-12,15H,2,5-6,8-9H2,1H3,(H,23,28)(H2,22,25,26,29). The topological polar surface area (TPSA) is 123 Å². The first kappa shape index (κ1) is 19.8. The lowest BCUT2D eigenvalue weighted by atomic mass is 10.1. The molecule has 0 radical (unpaired) electrons. The molecule has 3 amide bonds. The largest absolute Gasteiger partial charge is 0.381 e. The number of aromatic nitrogens is 4. The molecule has 0 unspecified atom stereocenters. The number of carbonyl (C=O) groups excluding carboxylic acids is 2. The number of hydrogen-bond donors (Lipinski definition) is 3. The zero-order chi connectivity index (χ0) is 20.9. The SMILES string of the molecule is CCNC(=O)Nc1nc2cc(-c3cccnc3)cc(C(=O)NC3CCOCC3)n2n1. The van der Waals surface area contributed by atoms with Gasteiger partial charge >= 0.3 is 6.03 Å². The molecule has 1 fully saturated rings. The second-order valence-electron chi connectivity index (χ2n) is 6.92. The van der Waals surface area contributed by atoms with Crippen molar-refractivity contribution >= 4 is 23.5 Å². The molecule has 4 rings (SSSR count). The summed E-state index contributed by atoms with van der Waals surface area (Å²) in [5, 5.41) is 12.6. The van der Waals surface area contributed by atoms with Gasteiger partial charge in [-0.25, -0.2) is 9.31 Å². The van der Waals surface area contributed by atoms with E-state index in [-0.39, 0.29) is 17.9 Å². The molecule has 30 heavy (non-hydrogen) atoms. The Morgan fingerprint density at radius 2 is 2.07 bits per heavy atom. The fourth-order valence-corrected chi connectivity index (χ4v) is 3.31. The number of nitrogens with zero attached hydrogens (tertiary/aromatic N) is 4. The summed E-state index contributed by atoms with van der Waals surface area (Å²) in [4.78, 5) is 33.5. The van der Waals surface area contributed by atoms with Gasteiger partial charge in [0.1, 0.15) is 5.69 Å². The monoisotopic (exact) mass is 409 g/mol. The molecule has 3 aromatic heterocycles. The molecule has 0 aromatic carbocycles. The van der Waals surface area contributed by atoms with Crippen LogP contribution in [0.1, 0.15) is 30.3 Å². The summed E-state index contributed by atoms with van der Waals surface area (Å²) in [5.41, 5.74) is 2.40. The molecule has 10 nitrogen and oxygen atoms in total. The second-order valence-corrected chi connectivity index (χ2v) is 6.92. The molecular weight excluding hydrogens is 386 g/mol. The van der Waals surface area contributed by atoms with Gasteiger partial charge in [0.25, 0.3) is 11.9 Å². The van der Waals surface area contributed by atoms with Gasteiger partial charge in [0, 0.05) is 43.8 Å². The van der Waals surface area contributed by atoms with Gasteiger partial charge in [0.15, 0.2) is 5.65 Å². The van der Waals surface area contributed by atoms with Crippen LogP contribution < -0.4 is 16.0 Å². The highest BCUT2D eigenvalue weighted by Crippen LogP contribution is 2.23. The van der Waals surface area contributed by atoms with Crippen molar-refractivity contribution in [3.63, 3.8) is 0 Å². The molecule has 1 aliphatic rings. The van der Waals surface area contributed by atoms with Gasteiger partial charge in [0.05, 0.1) is 0 Å². The lowest BCUT2D eigenvalue weighted by molar-refractivity contribution is 0.0693. The molecule has 0 atom stereocenters. The zero-order valence-electron chi connectivity index (χ0n) is 16.6. The van der Waals surface area contributed by atoms with Crippen LogP contribution in [0.25, 0.3) is 16.8 Å². The number of hydrogen-bond acceptors (Lipinski definition) is 6. The van der Waals surface area contributed by atoms with Crippen LogP contribution >= 0.6 is 0 Å². The van der Waals surface area contributed by atoms with Crippen LogP contribution in [0, 0.1) is 0 Å². The highest BCUT2D eigenvalue weighted by Gasteiger charge is 2.21. The Morgan fingerprint density at radius 3 is 2.80 bits per heavy atom. The Hall–Kier alpha value is -3.53. The van der Waals surface area contributed by atoms with E-state index in [1.165, 1.54) is 4.52 Å². The van der Waals surface area contributed by atoms with E-state index in [0.717, 1.165) is 24.0 Å². The number of anilines is 1. The van der Waals surface area contributed by atoms with Gasteiger partial charge < -0.3 is 15.4 Å². The van der Waals surface area contributed by atoms with E-state index in [2.05, 4.69) is 31.0 Å². The van der Waals surface area contributed by atoms with Crippen LogP contribution in [0.4, 0.5) is 10.7 Å². The Kier molecular flexibility index (Phi) is 5.84. The van der Waals surface area contributed by atoms with Crippen molar-refractivity contribution in [2.24, 2.45) is 0 Å². The van der Waals surface area contributed by atoms with Crippen LogP contribution in [0.5, 0.6) is 0 Å². The first-order valence-corrected chi connectivity index (χ1v) is 9.88. The summed E-state index contributed by atoms with van der Waals surface area (Å²) in [7, 11) is 0. The predicted octanol–water partition coefficient (Wildman–Crippen LogP) is 1.84. The summed E-state index contributed by atoms with van der Waals surface area (Å²) in [5.74, 6) is -0.142. The lowest BCUT2D eigenvalue weighted by Gasteiger charge is -2.23. The number of pyridine rings is 2. The number of amides is 3. The molecular formula is C20H23N7O3. The number of nitrogens with one attached hydrogen (secondary N) is 3. The lowest BCUT2D eigenvalue weighted by Crippen LogP contribution is -2.39. The maximum absolute atomic E-state index is 13.1. The van der Waals surface area contributed by atoms with E-state index in [1.54, 1.807) is 24.5 Å². The fraction of sp³-hybridized carbons (Fsp3) is 0.350. The number of ether oxygens (including phenoxy) is 1. The molecule has 0 saturated carbocycles. The molecule has 1 aliphatic heterocycles. The first-order chi connectivity index (χ1) is 14.6. The second kappa shape index (κ2) is 8.87. The minimum atomic E-state index is -0.408. The molecule has 0 bridgehead atoms. The Labute approximate surface area is 173 Å². The quantitative estimate of drug-likeness (QED) is 0.591. The summed E-state index contributed by atoms with van der Waals surface area (Å²) in [6.45, 7) is 3.54. The Morgan fingerprint density at radius 1 is 1.23 bits per heavy atom. The third-order valence-corrected chi connectivity index (χ3v) is 4.78. The van der Waals surface area contributed by atoms with Gasteiger partial charge in [0.2, 0.25) is 0 Å². The highest BCUT2D eigenvalue weighted by atomic mass is 16.5.